The van der Waals surface area contributed by atoms with Crippen molar-refractivity contribution in [3.63, 3.8) is 0 Å². The molecule has 6 nitrogen and oxygen atoms in total. The lowest BCUT2D eigenvalue weighted by atomic mass is 9.86. The van der Waals surface area contributed by atoms with Crippen molar-refractivity contribution < 1.29 is 22.1 Å². The van der Waals surface area contributed by atoms with Crippen LogP contribution in [0.15, 0.2) is 18.2 Å². The van der Waals surface area contributed by atoms with Gasteiger partial charge in [-0.1, -0.05) is 11.6 Å². The van der Waals surface area contributed by atoms with Crippen LogP contribution in [0.4, 0.5) is 0 Å². The maximum atomic E-state index is 11.6. The molecular formula is C14H18ClNO5S. The van der Waals surface area contributed by atoms with Crippen LogP contribution in [-0.2, 0) is 19.1 Å². The summed E-state index contributed by atoms with van der Waals surface area (Å²) < 4.78 is 34.2. The number of rotatable bonds is 3. The van der Waals surface area contributed by atoms with Crippen molar-refractivity contribution in [2.75, 3.05) is 6.26 Å². The summed E-state index contributed by atoms with van der Waals surface area (Å²) >= 11 is 6.00. The summed E-state index contributed by atoms with van der Waals surface area (Å²) in [5.41, 5.74) is -0.382. The molecule has 0 saturated heterocycles. The summed E-state index contributed by atoms with van der Waals surface area (Å²) in [5, 5.41) is 3.18. The molecule has 1 aromatic rings. The maximum absolute atomic E-state index is 11.6. The van der Waals surface area contributed by atoms with E-state index in [9.17, 15) is 13.2 Å². The Labute approximate surface area is 134 Å². The Morgan fingerprint density at radius 1 is 1.41 bits per heavy atom. The SMILES string of the molecule is CC(=O)N[C@@H]1c2cc(Cl)ccc2OC(C)(C)[C@H]1OS(C)(=O)=O. The molecule has 2 rings (SSSR count). The second-order valence-corrected chi connectivity index (χ2v) is 7.82. The van der Waals surface area contributed by atoms with Crippen LogP contribution < -0.4 is 10.1 Å². The van der Waals surface area contributed by atoms with E-state index in [1.807, 2.05) is 0 Å². The highest BCUT2D eigenvalue weighted by Crippen LogP contribution is 2.42. The van der Waals surface area contributed by atoms with Gasteiger partial charge >= 0.3 is 0 Å². The number of benzene rings is 1. The third kappa shape index (κ3) is 3.71. The number of nitrogens with one attached hydrogen (secondary N) is 1. The van der Waals surface area contributed by atoms with E-state index in [4.69, 9.17) is 20.5 Å². The Morgan fingerprint density at radius 2 is 2.05 bits per heavy atom. The van der Waals surface area contributed by atoms with Crippen LogP contribution in [0.2, 0.25) is 5.02 Å². The van der Waals surface area contributed by atoms with Gasteiger partial charge in [-0.15, -0.1) is 0 Å². The van der Waals surface area contributed by atoms with Crippen LogP contribution in [0, 0.1) is 0 Å². The number of carbonyl (C=O) groups excluding carboxylic acids is 1. The number of hydrogen-bond acceptors (Lipinski definition) is 5. The monoisotopic (exact) mass is 347 g/mol. The van der Waals surface area contributed by atoms with E-state index in [2.05, 4.69) is 5.32 Å². The van der Waals surface area contributed by atoms with Crippen molar-refractivity contribution in [3.8, 4) is 5.75 Å². The van der Waals surface area contributed by atoms with Gasteiger partial charge in [0.2, 0.25) is 5.91 Å². The molecule has 1 heterocycles. The van der Waals surface area contributed by atoms with Crippen LogP contribution in [0.25, 0.3) is 0 Å². The highest BCUT2D eigenvalue weighted by molar-refractivity contribution is 7.86. The van der Waals surface area contributed by atoms with Crippen molar-refractivity contribution in [3.05, 3.63) is 28.8 Å². The molecule has 122 valence electrons. The Bertz CT molecular complexity index is 701. The minimum Gasteiger partial charge on any atom is -0.485 e. The average Bonchev–Trinajstić information content (AvgIpc) is 2.33. The lowest BCUT2D eigenvalue weighted by Gasteiger charge is -2.43. The molecule has 1 amide bonds. The highest BCUT2D eigenvalue weighted by Gasteiger charge is 2.47. The quantitative estimate of drug-likeness (QED) is 0.846. The summed E-state index contributed by atoms with van der Waals surface area (Å²) in [5.74, 6) is 0.220. The second kappa shape index (κ2) is 5.72. The number of carbonyl (C=O) groups is 1. The summed E-state index contributed by atoms with van der Waals surface area (Å²) in [6.45, 7) is 4.76. The molecule has 0 aliphatic carbocycles. The first kappa shape index (κ1) is 17.1. The van der Waals surface area contributed by atoms with Gasteiger partial charge in [-0.25, -0.2) is 0 Å². The predicted molar refractivity (Wildman–Crippen MR) is 82.4 cm³/mol. The van der Waals surface area contributed by atoms with Crippen LogP contribution in [-0.4, -0.2) is 32.3 Å². The smallest absolute Gasteiger partial charge is 0.264 e. The number of ether oxygens (including phenoxy) is 1. The average molecular weight is 348 g/mol. The zero-order valence-corrected chi connectivity index (χ0v) is 14.3. The van der Waals surface area contributed by atoms with Gasteiger partial charge in [0.25, 0.3) is 10.1 Å². The fraction of sp³-hybridized carbons (Fsp3) is 0.500. The number of fused-ring (bicyclic) bond motifs is 1. The largest absolute Gasteiger partial charge is 0.485 e. The molecule has 8 heteroatoms. The van der Waals surface area contributed by atoms with Gasteiger partial charge in [0.15, 0.2) is 0 Å². The minimum absolute atomic E-state index is 0.310. The molecule has 0 radical (unpaired) electrons. The van der Waals surface area contributed by atoms with E-state index in [0.717, 1.165) is 6.26 Å². The first-order valence-electron chi connectivity index (χ1n) is 6.63. The van der Waals surface area contributed by atoms with Gasteiger partial charge in [-0.05, 0) is 32.0 Å². The second-order valence-electron chi connectivity index (χ2n) is 5.79. The van der Waals surface area contributed by atoms with Crippen molar-refractivity contribution in [2.45, 2.75) is 38.5 Å². The highest BCUT2D eigenvalue weighted by atomic mass is 35.5. The van der Waals surface area contributed by atoms with Gasteiger partial charge in [-0.2, -0.15) is 8.42 Å². The minimum atomic E-state index is -3.74. The molecule has 0 fully saturated rings. The van der Waals surface area contributed by atoms with E-state index in [-0.39, 0.29) is 5.91 Å². The maximum Gasteiger partial charge on any atom is 0.264 e. The molecule has 22 heavy (non-hydrogen) atoms. The normalized spacial score (nSPS) is 23.3. The molecule has 1 aliphatic heterocycles. The molecule has 0 bridgehead atoms. The molecule has 1 N–H and O–H groups in total. The summed E-state index contributed by atoms with van der Waals surface area (Å²) in [6.07, 6.45) is 0.0406. The third-order valence-corrected chi connectivity index (χ3v) is 4.10. The lowest BCUT2D eigenvalue weighted by molar-refractivity contribution is -0.122. The molecule has 0 unspecified atom stereocenters. The van der Waals surface area contributed by atoms with E-state index in [1.165, 1.54) is 6.92 Å². The van der Waals surface area contributed by atoms with Gasteiger partial charge in [0.1, 0.15) is 17.5 Å². The fourth-order valence-electron chi connectivity index (χ4n) is 2.49. The zero-order valence-electron chi connectivity index (χ0n) is 12.7. The Morgan fingerprint density at radius 3 is 2.59 bits per heavy atom. The van der Waals surface area contributed by atoms with Crippen molar-refractivity contribution in [1.29, 1.82) is 0 Å². The topological polar surface area (TPSA) is 81.7 Å². The molecule has 0 saturated carbocycles. The molecular weight excluding hydrogens is 330 g/mol. The predicted octanol–water partition coefficient (Wildman–Crippen LogP) is 2.03. The first-order valence-corrected chi connectivity index (χ1v) is 8.83. The third-order valence-electron chi connectivity index (χ3n) is 3.31. The molecule has 0 aromatic heterocycles. The summed E-state index contributed by atoms with van der Waals surface area (Å²) in [4.78, 5) is 11.5. The number of amides is 1. The van der Waals surface area contributed by atoms with Gasteiger partial charge in [0, 0.05) is 17.5 Å². The number of hydrogen-bond donors (Lipinski definition) is 1. The molecule has 2 atom stereocenters. The van der Waals surface area contributed by atoms with E-state index < -0.39 is 27.9 Å². The Kier molecular flexibility index (Phi) is 4.43. The fourth-order valence-corrected chi connectivity index (χ4v) is 3.39. The van der Waals surface area contributed by atoms with Crippen LogP contribution >= 0.6 is 11.6 Å². The summed E-state index contributed by atoms with van der Waals surface area (Å²) in [7, 11) is -3.74. The van der Waals surface area contributed by atoms with Gasteiger partial charge < -0.3 is 10.1 Å². The Hall–Kier alpha value is -1.31. The van der Waals surface area contributed by atoms with Crippen molar-refractivity contribution in [2.24, 2.45) is 0 Å². The van der Waals surface area contributed by atoms with E-state index >= 15 is 0 Å². The number of halogens is 1. The van der Waals surface area contributed by atoms with Crippen LogP contribution in [0.5, 0.6) is 5.75 Å². The van der Waals surface area contributed by atoms with Crippen molar-refractivity contribution in [1.82, 2.24) is 5.32 Å². The summed E-state index contributed by atoms with van der Waals surface area (Å²) in [6, 6.07) is 4.29. The van der Waals surface area contributed by atoms with Crippen LogP contribution in [0.1, 0.15) is 32.4 Å². The zero-order chi connectivity index (χ0) is 16.7. The lowest BCUT2D eigenvalue weighted by Crippen LogP contribution is -2.55. The van der Waals surface area contributed by atoms with E-state index in [1.54, 1.807) is 32.0 Å². The Balaban J connectivity index is 2.56. The van der Waals surface area contributed by atoms with E-state index in [0.29, 0.717) is 16.3 Å². The van der Waals surface area contributed by atoms with Gasteiger partial charge in [0.05, 0.1) is 12.3 Å². The first-order chi connectivity index (χ1) is 9.99. The van der Waals surface area contributed by atoms with Crippen LogP contribution in [0.3, 0.4) is 0 Å². The standard InChI is InChI=1S/C14H18ClNO5S/c1-8(17)16-12-10-7-9(15)5-6-11(10)20-14(2,3)13(12)21-22(4,18)19/h5-7,12-13H,1-4H3,(H,16,17)/t12-,13+/m1/s1. The molecule has 1 aromatic carbocycles. The molecule has 1 aliphatic rings. The van der Waals surface area contributed by atoms with Gasteiger partial charge in [-0.3, -0.25) is 8.98 Å². The molecule has 0 spiro atoms. The van der Waals surface area contributed by atoms with Crippen molar-refractivity contribution >= 4 is 27.6 Å².